The van der Waals surface area contributed by atoms with Crippen LogP contribution in [0.5, 0.6) is 0 Å². The Morgan fingerprint density at radius 3 is 1.66 bits per heavy atom. The van der Waals surface area contributed by atoms with Crippen LogP contribution in [0.1, 0.15) is 49.9 Å². The van der Waals surface area contributed by atoms with E-state index in [9.17, 15) is 0 Å². The number of fused-ring (bicyclic) bond motifs is 13. The van der Waals surface area contributed by atoms with Crippen molar-refractivity contribution in [1.29, 1.82) is 0 Å². The largest absolute Gasteiger partial charge is 0.456 e. The van der Waals surface area contributed by atoms with Crippen molar-refractivity contribution in [3.8, 4) is 44.5 Å². The zero-order valence-corrected chi connectivity index (χ0v) is 28.5. The summed E-state index contributed by atoms with van der Waals surface area (Å²) in [6, 6.07) is 48.8. The van der Waals surface area contributed by atoms with Crippen molar-refractivity contribution in [2.75, 3.05) is 0 Å². The van der Waals surface area contributed by atoms with Crippen LogP contribution < -0.4 is 0 Å². The summed E-state index contributed by atoms with van der Waals surface area (Å²) in [5, 5.41) is 4.46. The molecule has 2 heterocycles. The third-order valence-electron chi connectivity index (χ3n) is 11.8. The van der Waals surface area contributed by atoms with Crippen molar-refractivity contribution in [1.82, 2.24) is 0 Å². The van der Waals surface area contributed by atoms with Gasteiger partial charge in [0.1, 0.15) is 22.3 Å². The molecule has 0 radical (unpaired) electrons. The van der Waals surface area contributed by atoms with Gasteiger partial charge in [-0.05, 0) is 103 Å². The van der Waals surface area contributed by atoms with Crippen molar-refractivity contribution in [2.45, 2.75) is 38.5 Å². The van der Waals surface area contributed by atoms with E-state index in [2.05, 4.69) is 143 Å². The average molecular weight is 643 g/mol. The topological polar surface area (TPSA) is 26.3 Å². The number of hydrogen-bond acceptors (Lipinski definition) is 2. The summed E-state index contributed by atoms with van der Waals surface area (Å²) in [4.78, 5) is 0. The molecule has 50 heavy (non-hydrogen) atoms. The Balaban J connectivity index is 1.01. The standard InChI is InChI=1S/C48H34O2/c1-47(2)39-14-7-5-12-31(39)34-19-20-35-32-18-16-30(24-40(32)48(3,4)46(35)45(34)47)28-11-9-10-27(22-28)29-17-21-42-36(23-29)38-25-37-33-13-6-8-15-41(33)49-43(37)26-44(38)50-42/h5-26H,1-4H3. The average Bonchev–Trinajstić information content (AvgIpc) is 3.82. The van der Waals surface area contributed by atoms with Gasteiger partial charge in [-0.1, -0.05) is 119 Å². The third-order valence-corrected chi connectivity index (χ3v) is 11.8. The van der Waals surface area contributed by atoms with E-state index in [0.29, 0.717) is 0 Å². The molecule has 2 nitrogen and oxygen atoms in total. The van der Waals surface area contributed by atoms with Gasteiger partial charge in [-0.25, -0.2) is 0 Å². The highest BCUT2D eigenvalue weighted by Crippen LogP contribution is 2.59. The minimum Gasteiger partial charge on any atom is -0.456 e. The lowest BCUT2D eigenvalue weighted by atomic mass is 9.72. The maximum atomic E-state index is 6.33. The van der Waals surface area contributed by atoms with Crippen LogP contribution in [-0.2, 0) is 10.8 Å². The summed E-state index contributed by atoms with van der Waals surface area (Å²) >= 11 is 0. The van der Waals surface area contributed by atoms with E-state index in [1.54, 1.807) is 0 Å². The minimum atomic E-state index is -0.123. The van der Waals surface area contributed by atoms with Crippen LogP contribution in [0, 0.1) is 0 Å². The molecule has 0 saturated carbocycles. The first-order chi connectivity index (χ1) is 24.3. The monoisotopic (exact) mass is 642 g/mol. The fourth-order valence-electron chi connectivity index (χ4n) is 9.41. The second kappa shape index (κ2) is 9.43. The molecule has 0 N–H and O–H groups in total. The van der Waals surface area contributed by atoms with Crippen LogP contribution in [0.25, 0.3) is 88.4 Å². The molecular weight excluding hydrogens is 609 g/mol. The van der Waals surface area contributed by atoms with Gasteiger partial charge < -0.3 is 8.83 Å². The van der Waals surface area contributed by atoms with Crippen molar-refractivity contribution >= 4 is 43.9 Å². The quantitative estimate of drug-likeness (QED) is 0.188. The van der Waals surface area contributed by atoms with E-state index in [-0.39, 0.29) is 10.8 Å². The number of para-hydroxylation sites is 1. The smallest absolute Gasteiger partial charge is 0.139 e. The number of benzene rings is 7. The molecule has 0 unspecified atom stereocenters. The van der Waals surface area contributed by atoms with Gasteiger partial charge in [0.25, 0.3) is 0 Å². The second-order valence-corrected chi connectivity index (χ2v) is 15.3. The Kier molecular flexibility index (Phi) is 5.28. The zero-order chi connectivity index (χ0) is 33.5. The molecule has 9 aromatic rings. The summed E-state index contributed by atoms with van der Waals surface area (Å²) in [7, 11) is 0. The second-order valence-electron chi connectivity index (χ2n) is 15.3. The fraction of sp³-hybridized carbons (Fsp3) is 0.125. The van der Waals surface area contributed by atoms with Crippen LogP contribution in [0.3, 0.4) is 0 Å². The van der Waals surface area contributed by atoms with Crippen molar-refractivity contribution in [3.63, 3.8) is 0 Å². The number of furan rings is 2. The van der Waals surface area contributed by atoms with Crippen LogP contribution >= 0.6 is 0 Å². The van der Waals surface area contributed by atoms with Crippen LogP contribution in [0.15, 0.2) is 142 Å². The molecule has 2 aliphatic carbocycles. The van der Waals surface area contributed by atoms with Crippen molar-refractivity contribution in [3.05, 3.63) is 156 Å². The molecule has 0 bridgehead atoms. The molecule has 238 valence electrons. The van der Waals surface area contributed by atoms with E-state index in [1.807, 2.05) is 18.2 Å². The molecule has 2 aromatic heterocycles. The van der Waals surface area contributed by atoms with Gasteiger partial charge in [-0.15, -0.1) is 0 Å². The Bertz CT molecular complexity index is 2930. The summed E-state index contributed by atoms with van der Waals surface area (Å²) in [5.41, 5.74) is 19.4. The van der Waals surface area contributed by atoms with E-state index in [0.717, 1.165) is 43.9 Å². The van der Waals surface area contributed by atoms with Gasteiger partial charge in [0.15, 0.2) is 0 Å². The molecule has 11 rings (SSSR count). The van der Waals surface area contributed by atoms with E-state index < -0.39 is 0 Å². The highest BCUT2D eigenvalue weighted by molar-refractivity contribution is 6.15. The molecule has 7 aromatic carbocycles. The molecule has 2 heteroatoms. The van der Waals surface area contributed by atoms with E-state index in [1.165, 1.54) is 66.8 Å². The van der Waals surface area contributed by atoms with Crippen LogP contribution in [-0.4, -0.2) is 0 Å². The highest BCUT2D eigenvalue weighted by atomic mass is 16.3. The molecule has 0 fully saturated rings. The van der Waals surface area contributed by atoms with Gasteiger partial charge >= 0.3 is 0 Å². The van der Waals surface area contributed by atoms with Crippen LogP contribution in [0.4, 0.5) is 0 Å². The molecule has 0 amide bonds. The Labute approximate surface area is 290 Å². The van der Waals surface area contributed by atoms with Crippen molar-refractivity contribution < 1.29 is 8.83 Å². The van der Waals surface area contributed by atoms with Crippen LogP contribution in [0.2, 0.25) is 0 Å². The Morgan fingerprint density at radius 2 is 0.880 bits per heavy atom. The van der Waals surface area contributed by atoms with Gasteiger partial charge in [0.2, 0.25) is 0 Å². The lowest BCUT2D eigenvalue weighted by Gasteiger charge is -2.30. The molecule has 0 saturated heterocycles. The molecule has 0 aliphatic heterocycles. The zero-order valence-electron chi connectivity index (χ0n) is 28.5. The van der Waals surface area contributed by atoms with E-state index >= 15 is 0 Å². The summed E-state index contributed by atoms with van der Waals surface area (Å²) < 4.78 is 12.5. The Hall–Kier alpha value is -5.86. The lowest BCUT2D eigenvalue weighted by molar-refractivity contribution is 0.601. The maximum absolute atomic E-state index is 6.33. The SMILES string of the molecule is CC1(C)c2ccccc2-c2ccc3c(c21)C(C)(C)c1cc(-c2cccc(-c4ccc5oc6cc7oc8ccccc8c7cc6c5c4)c2)ccc1-3. The molecule has 0 spiro atoms. The highest BCUT2D eigenvalue weighted by Gasteiger charge is 2.45. The Morgan fingerprint density at radius 1 is 0.340 bits per heavy atom. The van der Waals surface area contributed by atoms with Crippen molar-refractivity contribution in [2.24, 2.45) is 0 Å². The molecular formula is C48H34O2. The molecule has 0 atom stereocenters. The fourth-order valence-corrected chi connectivity index (χ4v) is 9.41. The van der Waals surface area contributed by atoms with Gasteiger partial charge in [0.05, 0.1) is 0 Å². The van der Waals surface area contributed by atoms with Gasteiger partial charge in [-0.3, -0.25) is 0 Å². The predicted molar refractivity (Wildman–Crippen MR) is 207 cm³/mol. The van der Waals surface area contributed by atoms with Gasteiger partial charge in [0, 0.05) is 38.4 Å². The predicted octanol–water partition coefficient (Wildman–Crippen LogP) is 13.4. The summed E-state index contributed by atoms with van der Waals surface area (Å²) in [6.45, 7) is 9.64. The van der Waals surface area contributed by atoms with E-state index in [4.69, 9.17) is 8.83 Å². The normalized spacial score (nSPS) is 15.1. The first-order valence-electron chi connectivity index (χ1n) is 17.6. The van der Waals surface area contributed by atoms with Gasteiger partial charge in [-0.2, -0.15) is 0 Å². The lowest BCUT2D eigenvalue weighted by Crippen LogP contribution is -2.24. The first-order valence-corrected chi connectivity index (χ1v) is 17.6. The first kappa shape index (κ1) is 28.0. The maximum Gasteiger partial charge on any atom is 0.139 e. The summed E-state index contributed by atoms with van der Waals surface area (Å²) in [6.07, 6.45) is 0. The number of rotatable bonds is 2. The summed E-state index contributed by atoms with van der Waals surface area (Å²) in [5.74, 6) is 0. The molecule has 2 aliphatic rings. The number of hydrogen-bond donors (Lipinski definition) is 0. The minimum absolute atomic E-state index is 0.0481. The third kappa shape index (κ3) is 3.58.